The van der Waals surface area contributed by atoms with Gasteiger partial charge in [-0.05, 0) is 39.7 Å². The van der Waals surface area contributed by atoms with E-state index in [1.807, 2.05) is 24.4 Å². The molecular formula is C14H13BrN4. The van der Waals surface area contributed by atoms with Crippen LogP contribution in [0.15, 0.2) is 47.3 Å². The molecule has 0 aliphatic carbocycles. The Balaban J connectivity index is 1.70. The summed E-state index contributed by atoms with van der Waals surface area (Å²) in [5, 5.41) is 4.50. The molecule has 0 unspecified atom stereocenters. The van der Waals surface area contributed by atoms with Crippen LogP contribution in [0.5, 0.6) is 0 Å². The molecule has 0 radical (unpaired) electrons. The first-order valence-corrected chi connectivity index (χ1v) is 6.84. The Bertz CT molecular complexity index is 678. The molecule has 96 valence electrons. The number of hydrogen-bond acceptors (Lipinski definition) is 3. The highest BCUT2D eigenvalue weighted by Gasteiger charge is 2.08. The SMILES string of the molecule is Brc1c(CNCc2cccnc2)[nH]c2ncccc12. The van der Waals surface area contributed by atoms with Gasteiger partial charge in [-0.3, -0.25) is 4.98 Å². The van der Waals surface area contributed by atoms with E-state index in [2.05, 4.69) is 42.3 Å². The maximum atomic E-state index is 4.31. The van der Waals surface area contributed by atoms with Gasteiger partial charge in [0, 0.05) is 47.2 Å². The molecule has 3 aromatic heterocycles. The second-order valence-electron chi connectivity index (χ2n) is 4.28. The van der Waals surface area contributed by atoms with Crippen LogP contribution in [0.4, 0.5) is 0 Å². The van der Waals surface area contributed by atoms with Crippen LogP contribution >= 0.6 is 15.9 Å². The molecule has 3 rings (SSSR count). The third-order valence-electron chi connectivity index (χ3n) is 2.93. The number of fused-ring (bicyclic) bond motifs is 1. The zero-order valence-electron chi connectivity index (χ0n) is 10.2. The number of pyridine rings is 2. The minimum atomic E-state index is 0.756. The van der Waals surface area contributed by atoms with Crippen molar-refractivity contribution in [1.82, 2.24) is 20.3 Å². The lowest BCUT2D eigenvalue weighted by atomic mass is 10.3. The molecule has 5 heteroatoms. The molecule has 0 amide bonds. The molecule has 0 atom stereocenters. The Labute approximate surface area is 119 Å². The van der Waals surface area contributed by atoms with Gasteiger partial charge in [0.05, 0.1) is 0 Å². The Kier molecular flexibility index (Phi) is 3.57. The number of aromatic nitrogens is 3. The van der Waals surface area contributed by atoms with Gasteiger partial charge in [0.15, 0.2) is 0 Å². The fourth-order valence-corrected chi connectivity index (χ4v) is 2.56. The van der Waals surface area contributed by atoms with Crippen LogP contribution < -0.4 is 5.32 Å². The first-order valence-electron chi connectivity index (χ1n) is 6.05. The van der Waals surface area contributed by atoms with Gasteiger partial charge in [-0.2, -0.15) is 0 Å². The highest BCUT2D eigenvalue weighted by molar-refractivity contribution is 9.10. The predicted octanol–water partition coefficient (Wildman–Crippen LogP) is 3.01. The average molecular weight is 317 g/mol. The summed E-state index contributed by atoms with van der Waals surface area (Å²) in [6.07, 6.45) is 5.44. The van der Waals surface area contributed by atoms with E-state index in [1.165, 1.54) is 5.56 Å². The zero-order chi connectivity index (χ0) is 13.1. The molecular weight excluding hydrogens is 304 g/mol. The van der Waals surface area contributed by atoms with Crippen LogP contribution in [0.2, 0.25) is 0 Å². The lowest BCUT2D eigenvalue weighted by molar-refractivity contribution is 0.680. The first-order chi connectivity index (χ1) is 9.34. The van der Waals surface area contributed by atoms with Crippen molar-refractivity contribution < 1.29 is 0 Å². The Hall–Kier alpha value is -1.72. The number of rotatable bonds is 4. The molecule has 0 aromatic carbocycles. The number of halogens is 1. The summed E-state index contributed by atoms with van der Waals surface area (Å²) in [6.45, 7) is 1.55. The van der Waals surface area contributed by atoms with Crippen LogP contribution in [-0.4, -0.2) is 15.0 Å². The Morgan fingerprint density at radius 1 is 1.16 bits per heavy atom. The maximum Gasteiger partial charge on any atom is 0.138 e. The third-order valence-corrected chi connectivity index (χ3v) is 3.84. The molecule has 3 aromatic rings. The smallest absolute Gasteiger partial charge is 0.138 e. The molecule has 0 saturated carbocycles. The molecule has 19 heavy (non-hydrogen) atoms. The summed E-state index contributed by atoms with van der Waals surface area (Å²) in [7, 11) is 0. The van der Waals surface area contributed by atoms with Gasteiger partial charge in [-0.25, -0.2) is 4.98 Å². The number of nitrogens with one attached hydrogen (secondary N) is 2. The van der Waals surface area contributed by atoms with Crippen LogP contribution in [0.3, 0.4) is 0 Å². The highest BCUT2D eigenvalue weighted by Crippen LogP contribution is 2.26. The van der Waals surface area contributed by atoms with Crippen molar-refractivity contribution in [1.29, 1.82) is 0 Å². The van der Waals surface area contributed by atoms with Gasteiger partial charge in [0.25, 0.3) is 0 Å². The largest absolute Gasteiger partial charge is 0.341 e. The summed E-state index contributed by atoms with van der Waals surface area (Å²) in [5.41, 5.74) is 3.19. The van der Waals surface area contributed by atoms with Crippen LogP contribution in [0, 0.1) is 0 Å². The molecule has 4 nitrogen and oxygen atoms in total. The summed E-state index contributed by atoms with van der Waals surface area (Å²) < 4.78 is 1.08. The summed E-state index contributed by atoms with van der Waals surface area (Å²) >= 11 is 3.61. The minimum absolute atomic E-state index is 0.756. The molecule has 0 spiro atoms. The van der Waals surface area contributed by atoms with Gasteiger partial charge < -0.3 is 10.3 Å². The van der Waals surface area contributed by atoms with E-state index in [1.54, 1.807) is 12.4 Å². The van der Waals surface area contributed by atoms with Gasteiger partial charge in [-0.1, -0.05) is 6.07 Å². The normalized spacial score (nSPS) is 11.0. The summed E-state index contributed by atoms with van der Waals surface area (Å²) in [4.78, 5) is 11.7. The molecule has 0 bridgehead atoms. The lowest BCUT2D eigenvalue weighted by Gasteiger charge is -2.03. The van der Waals surface area contributed by atoms with E-state index in [0.29, 0.717) is 0 Å². The Morgan fingerprint density at radius 3 is 2.84 bits per heavy atom. The van der Waals surface area contributed by atoms with Crippen molar-refractivity contribution in [3.63, 3.8) is 0 Å². The minimum Gasteiger partial charge on any atom is -0.341 e. The first kappa shape index (κ1) is 12.3. The quantitative estimate of drug-likeness (QED) is 0.778. The predicted molar refractivity (Wildman–Crippen MR) is 78.6 cm³/mol. The van der Waals surface area contributed by atoms with Gasteiger partial charge in [-0.15, -0.1) is 0 Å². The van der Waals surface area contributed by atoms with Crippen molar-refractivity contribution in [2.24, 2.45) is 0 Å². The average Bonchev–Trinajstić information content (AvgIpc) is 2.78. The maximum absolute atomic E-state index is 4.31. The van der Waals surface area contributed by atoms with E-state index in [0.717, 1.165) is 34.3 Å². The Morgan fingerprint density at radius 2 is 2.05 bits per heavy atom. The highest BCUT2D eigenvalue weighted by atomic mass is 79.9. The van der Waals surface area contributed by atoms with Crippen LogP contribution in [-0.2, 0) is 13.1 Å². The second-order valence-corrected chi connectivity index (χ2v) is 5.07. The summed E-state index contributed by atoms with van der Waals surface area (Å²) in [5.74, 6) is 0. The fraction of sp³-hybridized carbons (Fsp3) is 0.143. The van der Waals surface area contributed by atoms with Crippen LogP contribution in [0.25, 0.3) is 11.0 Å². The monoisotopic (exact) mass is 316 g/mol. The van der Waals surface area contributed by atoms with Crippen molar-refractivity contribution in [2.75, 3.05) is 0 Å². The van der Waals surface area contributed by atoms with E-state index < -0.39 is 0 Å². The lowest BCUT2D eigenvalue weighted by Crippen LogP contribution is -2.13. The number of H-pyrrole nitrogens is 1. The van der Waals surface area contributed by atoms with Crippen LogP contribution in [0.1, 0.15) is 11.3 Å². The van der Waals surface area contributed by atoms with Crippen molar-refractivity contribution in [2.45, 2.75) is 13.1 Å². The standard InChI is InChI=1S/C14H13BrN4/c15-13-11-4-2-6-18-14(11)19-12(13)9-17-8-10-3-1-5-16-7-10/h1-7,17H,8-9H2,(H,18,19). The van der Waals surface area contributed by atoms with E-state index >= 15 is 0 Å². The van der Waals surface area contributed by atoms with Gasteiger partial charge in [0.1, 0.15) is 5.65 Å². The van der Waals surface area contributed by atoms with Crippen molar-refractivity contribution >= 4 is 27.0 Å². The van der Waals surface area contributed by atoms with E-state index in [-0.39, 0.29) is 0 Å². The van der Waals surface area contributed by atoms with Crippen molar-refractivity contribution in [3.05, 3.63) is 58.6 Å². The van der Waals surface area contributed by atoms with E-state index in [4.69, 9.17) is 0 Å². The topological polar surface area (TPSA) is 53.6 Å². The van der Waals surface area contributed by atoms with Crippen molar-refractivity contribution in [3.8, 4) is 0 Å². The van der Waals surface area contributed by atoms with Gasteiger partial charge in [0.2, 0.25) is 0 Å². The molecule has 0 saturated heterocycles. The molecule has 0 fully saturated rings. The molecule has 3 heterocycles. The van der Waals surface area contributed by atoms with Gasteiger partial charge >= 0.3 is 0 Å². The number of aromatic amines is 1. The number of hydrogen-bond donors (Lipinski definition) is 2. The molecule has 0 aliphatic rings. The molecule has 2 N–H and O–H groups in total. The summed E-state index contributed by atoms with van der Waals surface area (Å²) in [6, 6.07) is 7.99. The van der Waals surface area contributed by atoms with E-state index in [9.17, 15) is 0 Å². The zero-order valence-corrected chi connectivity index (χ0v) is 11.8. The molecule has 0 aliphatic heterocycles. The number of nitrogens with zero attached hydrogens (tertiary/aromatic N) is 2. The fourth-order valence-electron chi connectivity index (χ4n) is 2.00. The third kappa shape index (κ3) is 2.67. The second kappa shape index (κ2) is 5.50.